The molecule has 3 N–H and O–H groups in total. The minimum Gasteiger partial charge on any atom is -0.488 e. The predicted molar refractivity (Wildman–Crippen MR) is 97.3 cm³/mol. The lowest BCUT2D eigenvalue weighted by atomic mass is 10.1. The summed E-state index contributed by atoms with van der Waals surface area (Å²) < 4.78 is 6.02. The van der Waals surface area contributed by atoms with Crippen molar-refractivity contribution in [3.63, 3.8) is 0 Å². The van der Waals surface area contributed by atoms with Gasteiger partial charge in [-0.3, -0.25) is 0 Å². The first-order valence-corrected chi connectivity index (χ1v) is 8.01. The number of ether oxygens (including phenoxy) is 1. The highest BCUT2D eigenvalue weighted by Gasteiger charge is 2.14. The molecule has 0 aliphatic rings. The van der Waals surface area contributed by atoms with Crippen LogP contribution < -0.4 is 10.5 Å². The first kappa shape index (κ1) is 15.4. The average Bonchev–Trinajstić information content (AvgIpc) is 3.05. The van der Waals surface area contributed by atoms with E-state index < -0.39 is 0 Å². The van der Waals surface area contributed by atoms with Crippen molar-refractivity contribution in [3.05, 3.63) is 65.6 Å². The number of pyridine rings is 1. The molecule has 0 atom stereocenters. The number of nitrogens with two attached hydrogens (primary N) is 1. The van der Waals surface area contributed by atoms with Crippen LogP contribution in [0.5, 0.6) is 5.75 Å². The van der Waals surface area contributed by atoms with E-state index in [9.17, 15) is 0 Å². The molecule has 0 aliphatic carbocycles. The Kier molecular flexibility index (Phi) is 3.95. The fourth-order valence-electron chi connectivity index (χ4n) is 2.66. The van der Waals surface area contributed by atoms with Crippen LogP contribution in [0.4, 0.5) is 5.95 Å². The van der Waals surface area contributed by atoms with Gasteiger partial charge in [0.05, 0.1) is 11.1 Å². The van der Waals surface area contributed by atoms with Crippen LogP contribution in [0.1, 0.15) is 5.56 Å². The molecular formula is C18H14ClN5O. The third kappa shape index (κ3) is 3.12. The van der Waals surface area contributed by atoms with E-state index in [4.69, 9.17) is 22.1 Å². The van der Waals surface area contributed by atoms with E-state index >= 15 is 0 Å². The number of anilines is 1. The third-order valence-electron chi connectivity index (χ3n) is 3.77. The van der Waals surface area contributed by atoms with E-state index in [1.807, 2.05) is 36.5 Å². The Bertz CT molecular complexity index is 1050. The summed E-state index contributed by atoms with van der Waals surface area (Å²) >= 11 is 6.03. The maximum absolute atomic E-state index is 6.03. The van der Waals surface area contributed by atoms with Crippen LogP contribution in [-0.2, 0) is 6.61 Å². The van der Waals surface area contributed by atoms with Crippen LogP contribution in [0.2, 0.25) is 5.02 Å². The number of nitrogens with zero attached hydrogens (tertiary/aromatic N) is 3. The number of rotatable bonds is 4. The lowest BCUT2D eigenvalue weighted by molar-refractivity contribution is 0.310. The molecule has 0 fully saturated rings. The van der Waals surface area contributed by atoms with Crippen molar-refractivity contribution < 1.29 is 4.74 Å². The van der Waals surface area contributed by atoms with Crippen molar-refractivity contribution in [1.29, 1.82) is 0 Å². The molecular weight excluding hydrogens is 338 g/mol. The van der Waals surface area contributed by atoms with Crippen molar-refractivity contribution in [2.75, 3.05) is 5.73 Å². The summed E-state index contributed by atoms with van der Waals surface area (Å²) in [6.45, 7) is 0.399. The zero-order chi connectivity index (χ0) is 17.2. The molecule has 1 aromatic carbocycles. The standard InChI is InChI=1S/C18H14ClN5O/c19-12-3-1-2-11(8-12)10-25-15-5-7-21-17-16(15)13(9-23-17)14-4-6-22-18(20)24-14/h1-9H,10H2,(H,21,23)(H2,20,22,24). The average molecular weight is 352 g/mol. The maximum atomic E-state index is 6.03. The second-order valence-corrected chi connectivity index (χ2v) is 5.89. The summed E-state index contributed by atoms with van der Waals surface area (Å²) in [5.41, 5.74) is 8.98. The van der Waals surface area contributed by atoms with Gasteiger partial charge in [0.15, 0.2) is 0 Å². The van der Waals surface area contributed by atoms with Crippen LogP contribution in [-0.4, -0.2) is 19.9 Å². The minimum absolute atomic E-state index is 0.220. The second kappa shape index (κ2) is 6.41. The second-order valence-electron chi connectivity index (χ2n) is 5.45. The van der Waals surface area contributed by atoms with Gasteiger partial charge in [0.2, 0.25) is 5.95 Å². The van der Waals surface area contributed by atoms with E-state index in [0.717, 1.165) is 22.2 Å². The van der Waals surface area contributed by atoms with Crippen LogP contribution in [0, 0.1) is 0 Å². The van der Waals surface area contributed by atoms with Crippen LogP contribution in [0.25, 0.3) is 22.3 Å². The molecule has 0 amide bonds. The Labute approximate surface area is 148 Å². The fourth-order valence-corrected chi connectivity index (χ4v) is 2.87. The van der Waals surface area contributed by atoms with Gasteiger partial charge in [0.1, 0.15) is 18.0 Å². The van der Waals surface area contributed by atoms with Gasteiger partial charge in [-0.05, 0) is 29.8 Å². The molecule has 124 valence electrons. The van der Waals surface area contributed by atoms with Crippen LogP contribution >= 0.6 is 11.6 Å². The number of hydrogen-bond acceptors (Lipinski definition) is 5. The fraction of sp³-hybridized carbons (Fsp3) is 0.0556. The predicted octanol–water partition coefficient (Wildman–Crippen LogP) is 3.83. The number of aromatic nitrogens is 4. The Morgan fingerprint density at radius 1 is 1.12 bits per heavy atom. The number of nitrogens with one attached hydrogen (secondary N) is 1. The van der Waals surface area contributed by atoms with Gasteiger partial charge < -0.3 is 15.5 Å². The normalized spacial score (nSPS) is 10.9. The first-order chi connectivity index (χ1) is 12.2. The largest absolute Gasteiger partial charge is 0.488 e. The first-order valence-electron chi connectivity index (χ1n) is 7.63. The number of benzene rings is 1. The molecule has 0 radical (unpaired) electrons. The lowest BCUT2D eigenvalue weighted by Crippen LogP contribution is -1.97. The third-order valence-corrected chi connectivity index (χ3v) is 4.00. The summed E-state index contributed by atoms with van der Waals surface area (Å²) in [6.07, 6.45) is 5.16. The van der Waals surface area contributed by atoms with Gasteiger partial charge in [-0.2, -0.15) is 0 Å². The summed E-state index contributed by atoms with van der Waals surface area (Å²) in [6, 6.07) is 11.2. The van der Waals surface area contributed by atoms with Gasteiger partial charge in [-0.1, -0.05) is 23.7 Å². The zero-order valence-electron chi connectivity index (χ0n) is 13.1. The summed E-state index contributed by atoms with van der Waals surface area (Å²) in [5, 5.41) is 1.53. The Morgan fingerprint density at radius 2 is 2.00 bits per heavy atom. The Morgan fingerprint density at radius 3 is 2.84 bits per heavy atom. The van der Waals surface area contributed by atoms with E-state index in [-0.39, 0.29) is 5.95 Å². The molecule has 0 unspecified atom stereocenters. The molecule has 0 saturated heterocycles. The monoisotopic (exact) mass is 351 g/mol. The summed E-state index contributed by atoms with van der Waals surface area (Å²) in [4.78, 5) is 15.7. The molecule has 0 bridgehead atoms. The molecule has 4 rings (SSSR count). The molecule has 3 aromatic heterocycles. The number of nitrogen functional groups attached to an aromatic ring is 1. The topological polar surface area (TPSA) is 89.7 Å². The smallest absolute Gasteiger partial charge is 0.220 e. The van der Waals surface area contributed by atoms with E-state index in [1.54, 1.807) is 18.5 Å². The van der Waals surface area contributed by atoms with Gasteiger partial charge in [0, 0.05) is 29.2 Å². The maximum Gasteiger partial charge on any atom is 0.220 e. The number of fused-ring (bicyclic) bond motifs is 1. The van der Waals surface area contributed by atoms with Crippen LogP contribution in [0.3, 0.4) is 0 Å². The lowest BCUT2D eigenvalue weighted by Gasteiger charge is -2.09. The molecule has 6 nitrogen and oxygen atoms in total. The van der Waals surface area contributed by atoms with E-state index in [2.05, 4.69) is 19.9 Å². The van der Waals surface area contributed by atoms with Crippen molar-refractivity contribution in [1.82, 2.24) is 19.9 Å². The zero-order valence-corrected chi connectivity index (χ0v) is 13.9. The Balaban J connectivity index is 1.73. The molecule has 4 aromatic rings. The molecule has 0 aliphatic heterocycles. The van der Waals surface area contributed by atoms with Crippen molar-refractivity contribution >= 4 is 28.6 Å². The molecule has 7 heteroatoms. The summed E-state index contributed by atoms with van der Waals surface area (Å²) in [7, 11) is 0. The van der Waals surface area contributed by atoms with Gasteiger partial charge in [-0.25, -0.2) is 15.0 Å². The number of H-pyrrole nitrogens is 1. The molecule has 3 heterocycles. The summed E-state index contributed by atoms with van der Waals surface area (Å²) in [5.74, 6) is 0.926. The van der Waals surface area contributed by atoms with Crippen LogP contribution in [0.15, 0.2) is 55.0 Å². The molecule has 0 spiro atoms. The minimum atomic E-state index is 0.220. The highest BCUT2D eigenvalue weighted by molar-refractivity contribution is 6.30. The van der Waals surface area contributed by atoms with Crippen molar-refractivity contribution in [2.24, 2.45) is 0 Å². The quantitative estimate of drug-likeness (QED) is 0.583. The highest BCUT2D eigenvalue weighted by Crippen LogP contribution is 2.34. The number of halogens is 1. The van der Waals surface area contributed by atoms with Gasteiger partial charge >= 0.3 is 0 Å². The van der Waals surface area contributed by atoms with E-state index in [0.29, 0.717) is 23.1 Å². The molecule has 0 saturated carbocycles. The number of aromatic amines is 1. The SMILES string of the molecule is Nc1nccc(-c2c[nH]c3nccc(OCc4cccc(Cl)c4)c23)n1. The van der Waals surface area contributed by atoms with Gasteiger partial charge in [-0.15, -0.1) is 0 Å². The Hall–Kier alpha value is -3.12. The van der Waals surface area contributed by atoms with Gasteiger partial charge in [0.25, 0.3) is 0 Å². The molecule has 25 heavy (non-hydrogen) atoms. The van der Waals surface area contributed by atoms with E-state index in [1.165, 1.54) is 0 Å². The highest BCUT2D eigenvalue weighted by atomic mass is 35.5. The number of hydrogen-bond donors (Lipinski definition) is 2. The van der Waals surface area contributed by atoms with Crippen molar-refractivity contribution in [2.45, 2.75) is 6.61 Å². The van der Waals surface area contributed by atoms with Crippen molar-refractivity contribution in [3.8, 4) is 17.0 Å².